The molecule has 1 atom stereocenters. The lowest BCUT2D eigenvalue weighted by Crippen LogP contribution is -2.57. The van der Waals surface area contributed by atoms with E-state index in [0.29, 0.717) is 41.4 Å². The summed E-state index contributed by atoms with van der Waals surface area (Å²) in [6.07, 6.45) is 1.62. The molecule has 3 aromatic heterocycles. The molecule has 5 rings (SSSR count). The monoisotopic (exact) mass is 506 g/mol. The van der Waals surface area contributed by atoms with Gasteiger partial charge in [-0.2, -0.15) is 25.5 Å². The average molecular weight is 507 g/mol. The zero-order valence-electron chi connectivity index (χ0n) is 19.1. The van der Waals surface area contributed by atoms with Gasteiger partial charge in [0.15, 0.2) is 0 Å². The van der Waals surface area contributed by atoms with Crippen molar-refractivity contribution in [1.29, 1.82) is 10.5 Å². The first kappa shape index (κ1) is 23.0. The molecule has 3 aromatic rings. The number of nitrogen functional groups attached to an aromatic ring is 2. The molecule has 35 heavy (non-hydrogen) atoms. The van der Waals surface area contributed by atoms with Crippen molar-refractivity contribution in [3.8, 4) is 18.1 Å². The summed E-state index contributed by atoms with van der Waals surface area (Å²) in [6.45, 7) is 3.21. The zero-order valence-corrected chi connectivity index (χ0v) is 20.7. The third kappa shape index (κ3) is 3.73. The Morgan fingerprint density at radius 1 is 1.29 bits per heavy atom. The van der Waals surface area contributed by atoms with Crippen molar-refractivity contribution in [3.05, 3.63) is 39.9 Å². The molecule has 1 saturated heterocycles. The molecule has 4 N–H and O–H groups in total. The highest BCUT2D eigenvalue weighted by Gasteiger charge is 2.53. The Kier molecular flexibility index (Phi) is 5.75. The zero-order chi connectivity index (χ0) is 24.7. The van der Waals surface area contributed by atoms with E-state index in [2.05, 4.69) is 27.1 Å². The van der Waals surface area contributed by atoms with Gasteiger partial charge < -0.3 is 26.0 Å². The van der Waals surface area contributed by atoms with Gasteiger partial charge in [0, 0.05) is 41.0 Å². The van der Waals surface area contributed by atoms with Crippen LogP contribution in [0.15, 0.2) is 18.3 Å². The molecule has 178 valence electrons. The molecule has 0 aromatic carbocycles. The van der Waals surface area contributed by atoms with Crippen LogP contribution < -0.4 is 26.0 Å². The fraction of sp³-hybridized carbons (Fsp3) is 0.364. The molecule has 2 aliphatic rings. The number of hydrogen-bond acceptors (Lipinski definition) is 13. The van der Waals surface area contributed by atoms with Gasteiger partial charge in [-0.05, 0) is 13.0 Å². The smallest absolute Gasteiger partial charge is 0.322 e. The lowest BCUT2D eigenvalue weighted by Gasteiger charge is -2.47. The number of methoxy groups -OCH3 is 1. The van der Waals surface area contributed by atoms with Crippen LogP contribution in [0.5, 0.6) is 6.01 Å². The van der Waals surface area contributed by atoms with Crippen molar-refractivity contribution < 1.29 is 4.74 Å². The van der Waals surface area contributed by atoms with Crippen molar-refractivity contribution in [2.24, 2.45) is 0 Å². The minimum absolute atomic E-state index is 0.0327. The number of nitrogens with two attached hydrogens (primary N) is 2. The summed E-state index contributed by atoms with van der Waals surface area (Å²) in [5, 5.41) is 19.7. The maximum Gasteiger partial charge on any atom is 0.322 e. The lowest BCUT2D eigenvalue weighted by molar-refractivity contribution is 0.374. The summed E-state index contributed by atoms with van der Waals surface area (Å²) in [6, 6.07) is 7.96. The van der Waals surface area contributed by atoms with Crippen LogP contribution in [0.3, 0.4) is 0 Å². The highest BCUT2D eigenvalue weighted by atomic mass is 32.2. The maximum atomic E-state index is 9.65. The van der Waals surface area contributed by atoms with Crippen LogP contribution in [-0.4, -0.2) is 46.7 Å². The number of nitrogens with zero attached hydrogens (tertiary/aromatic N) is 8. The number of thioether (sulfide) groups is 1. The minimum atomic E-state index is -0.314. The second-order valence-electron chi connectivity index (χ2n) is 8.25. The van der Waals surface area contributed by atoms with Gasteiger partial charge in [0.1, 0.15) is 23.4 Å². The van der Waals surface area contributed by atoms with Crippen LogP contribution >= 0.6 is 23.1 Å². The van der Waals surface area contributed by atoms with E-state index in [-0.39, 0.29) is 23.3 Å². The highest BCUT2D eigenvalue weighted by Crippen LogP contribution is 2.57. The van der Waals surface area contributed by atoms with E-state index < -0.39 is 0 Å². The number of hydrogen-bond donors (Lipinski definition) is 2. The van der Waals surface area contributed by atoms with Gasteiger partial charge in [0.2, 0.25) is 11.9 Å². The van der Waals surface area contributed by atoms with Gasteiger partial charge in [-0.15, -0.1) is 23.1 Å². The normalized spacial score (nSPS) is 16.2. The van der Waals surface area contributed by atoms with Crippen molar-refractivity contribution in [3.63, 3.8) is 0 Å². The second kappa shape index (κ2) is 8.76. The maximum absolute atomic E-state index is 9.65. The van der Waals surface area contributed by atoms with Gasteiger partial charge in [0.25, 0.3) is 0 Å². The molecular weight excluding hydrogens is 484 g/mol. The van der Waals surface area contributed by atoms with Crippen molar-refractivity contribution in [1.82, 2.24) is 19.9 Å². The van der Waals surface area contributed by atoms with Crippen molar-refractivity contribution in [2.45, 2.75) is 23.5 Å². The summed E-state index contributed by atoms with van der Waals surface area (Å²) in [4.78, 5) is 22.7. The number of thiophene rings is 1. The van der Waals surface area contributed by atoms with Crippen LogP contribution in [0.2, 0.25) is 0 Å². The van der Waals surface area contributed by atoms with Gasteiger partial charge in [-0.1, -0.05) is 6.07 Å². The Labute approximate surface area is 210 Å². The molecule has 0 bridgehead atoms. The number of anilines is 4. The molecule has 13 heteroatoms. The molecule has 1 fully saturated rings. The Balaban J connectivity index is 1.46. The van der Waals surface area contributed by atoms with Crippen LogP contribution in [-0.2, 0) is 10.5 Å². The Morgan fingerprint density at radius 2 is 2.09 bits per heavy atom. The Bertz CT molecular complexity index is 1370. The fourth-order valence-electron chi connectivity index (χ4n) is 4.53. The SMILES string of the molecule is COc1nc(N2CC3(C2)SCc2sc(N)c(C#N)c23)nc(N(CC#N)C(C)c2cccnc2N)n1. The minimum Gasteiger partial charge on any atom is -0.467 e. The van der Waals surface area contributed by atoms with Crippen LogP contribution in [0.4, 0.5) is 22.7 Å². The number of pyridine rings is 1. The molecular formula is C22H22N10OS2. The second-order valence-corrected chi connectivity index (χ2v) is 10.7. The highest BCUT2D eigenvalue weighted by molar-refractivity contribution is 8.00. The van der Waals surface area contributed by atoms with Gasteiger partial charge in [-0.3, -0.25) is 0 Å². The van der Waals surface area contributed by atoms with Crippen LogP contribution in [0, 0.1) is 22.7 Å². The number of nitriles is 2. The lowest BCUT2D eigenvalue weighted by atomic mass is 9.88. The molecule has 11 nitrogen and oxygen atoms in total. The Morgan fingerprint density at radius 3 is 2.77 bits per heavy atom. The first-order chi connectivity index (χ1) is 16.9. The van der Waals surface area contributed by atoms with Gasteiger partial charge in [-0.25, -0.2) is 4.98 Å². The largest absolute Gasteiger partial charge is 0.467 e. The molecule has 0 saturated carbocycles. The van der Waals surface area contributed by atoms with E-state index in [4.69, 9.17) is 21.2 Å². The van der Waals surface area contributed by atoms with E-state index in [9.17, 15) is 10.5 Å². The predicted molar refractivity (Wildman–Crippen MR) is 135 cm³/mol. The van der Waals surface area contributed by atoms with Gasteiger partial charge in [0.05, 0.1) is 29.5 Å². The summed E-state index contributed by atoms with van der Waals surface area (Å²) in [5.41, 5.74) is 14.6. The number of fused-ring (bicyclic) bond motifs is 2. The molecule has 0 radical (unpaired) electrons. The molecule has 1 unspecified atom stereocenters. The summed E-state index contributed by atoms with van der Waals surface area (Å²) in [5.74, 6) is 1.97. The van der Waals surface area contributed by atoms with Crippen molar-refractivity contribution >= 4 is 45.8 Å². The van der Waals surface area contributed by atoms with Crippen LogP contribution in [0.1, 0.15) is 34.5 Å². The summed E-state index contributed by atoms with van der Waals surface area (Å²) in [7, 11) is 1.49. The van der Waals surface area contributed by atoms with Crippen LogP contribution in [0.25, 0.3) is 0 Å². The van der Waals surface area contributed by atoms with E-state index in [1.54, 1.807) is 17.2 Å². The van der Waals surface area contributed by atoms with E-state index in [0.717, 1.165) is 16.9 Å². The number of aromatic nitrogens is 4. The van der Waals surface area contributed by atoms with E-state index in [1.807, 2.05) is 29.7 Å². The topological polar surface area (TPSA) is 167 Å². The third-order valence-electron chi connectivity index (χ3n) is 6.29. The Hall–Kier alpha value is -3.81. The molecule has 0 aliphatic carbocycles. The van der Waals surface area contributed by atoms with Gasteiger partial charge >= 0.3 is 6.01 Å². The third-order valence-corrected chi connectivity index (χ3v) is 8.94. The van der Waals surface area contributed by atoms with E-state index in [1.165, 1.54) is 23.3 Å². The first-order valence-corrected chi connectivity index (χ1v) is 12.6. The molecule has 2 aliphatic heterocycles. The molecule has 1 spiro atoms. The molecule has 0 amide bonds. The van der Waals surface area contributed by atoms with E-state index >= 15 is 0 Å². The first-order valence-electron chi connectivity index (χ1n) is 10.8. The standard InChI is InChI=1S/C22H22N10OS2/c1-12(13-4-3-6-27-17(13)25)32(7-5-23)20-28-19(29-21(30-20)33-2)31-10-22(11-31)16-14(8-24)18(26)35-15(16)9-34-22/h3-4,6,12H,7,9-11,26H2,1-2H3,(H2,25,27). The quantitative estimate of drug-likeness (QED) is 0.469. The average Bonchev–Trinajstić information content (AvgIpc) is 3.36. The number of ether oxygens (including phenoxy) is 1. The predicted octanol–water partition coefficient (Wildman–Crippen LogP) is 2.43. The molecule has 5 heterocycles. The summed E-state index contributed by atoms with van der Waals surface area (Å²) >= 11 is 3.32. The fourth-order valence-corrected chi connectivity index (χ4v) is 7.34. The summed E-state index contributed by atoms with van der Waals surface area (Å²) < 4.78 is 5.16. The number of rotatable bonds is 6. The van der Waals surface area contributed by atoms with Crippen molar-refractivity contribution in [2.75, 3.05) is 48.0 Å².